The summed E-state index contributed by atoms with van der Waals surface area (Å²) in [5.41, 5.74) is 1.31. The van der Waals surface area contributed by atoms with Crippen LogP contribution in [0.5, 0.6) is 0 Å². The lowest BCUT2D eigenvalue weighted by Crippen LogP contribution is -2.38. The number of halogens is 1. The Bertz CT molecular complexity index is 479. The van der Waals surface area contributed by atoms with Crippen LogP contribution in [0.2, 0.25) is 0 Å². The number of carbonyl (C=O) groups is 1. The Morgan fingerprint density at radius 2 is 2.11 bits per heavy atom. The molecule has 1 aliphatic heterocycles. The summed E-state index contributed by atoms with van der Waals surface area (Å²) in [6, 6.07) is 5.77. The Labute approximate surface area is 122 Å². The van der Waals surface area contributed by atoms with Crippen molar-refractivity contribution < 1.29 is 9.90 Å². The zero-order chi connectivity index (χ0) is 14.0. The van der Waals surface area contributed by atoms with Gasteiger partial charge in [0.1, 0.15) is 0 Å². The first kappa shape index (κ1) is 14.3. The van der Waals surface area contributed by atoms with E-state index in [0.717, 1.165) is 36.2 Å². The Morgan fingerprint density at radius 3 is 2.79 bits per heavy atom. The molecule has 0 aliphatic carbocycles. The molecule has 5 heteroatoms. The van der Waals surface area contributed by atoms with Crippen LogP contribution in [0, 0.1) is 0 Å². The quantitative estimate of drug-likeness (QED) is 0.907. The molecule has 19 heavy (non-hydrogen) atoms. The standard InChI is InChI=1S/C14H19BrN2O2/c1-10-9-16(2)4-3-5-17(10)13-7-11(14(18)19)6-12(15)8-13/h6-8,10H,3-5,9H2,1-2H3,(H,18,19). The van der Waals surface area contributed by atoms with E-state index in [1.807, 2.05) is 6.07 Å². The first-order valence-electron chi connectivity index (χ1n) is 6.46. The molecule has 1 saturated heterocycles. The number of carboxylic acid groups (broad SMARTS) is 1. The largest absolute Gasteiger partial charge is 0.478 e. The predicted octanol–water partition coefficient (Wildman–Crippen LogP) is 2.68. The van der Waals surface area contributed by atoms with Gasteiger partial charge in [-0.15, -0.1) is 0 Å². The molecule has 1 aromatic rings. The second-order valence-corrected chi connectivity index (χ2v) is 6.08. The van der Waals surface area contributed by atoms with Gasteiger partial charge in [0.15, 0.2) is 0 Å². The summed E-state index contributed by atoms with van der Waals surface area (Å²) in [7, 11) is 2.13. The first-order valence-corrected chi connectivity index (χ1v) is 7.26. The van der Waals surface area contributed by atoms with Gasteiger partial charge in [-0.3, -0.25) is 0 Å². The lowest BCUT2D eigenvalue weighted by molar-refractivity contribution is 0.0697. The number of aromatic carboxylic acids is 1. The van der Waals surface area contributed by atoms with Crippen molar-refractivity contribution >= 4 is 27.6 Å². The summed E-state index contributed by atoms with van der Waals surface area (Å²) >= 11 is 3.40. The van der Waals surface area contributed by atoms with E-state index in [2.05, 4.69) is 39.7 Å². The van der Waals surface area contributed by atoms with Crippen LogP contribution in [-0.4, -0.2) is 48.7 Å². The zero-order valence-electron chi connectivity index (χ0n) is 11.3. The summed E-state index contributed by atoms with van der Waals surface area (Å²) in [6.07, 6.45) is 1.09. The van der Waals surface area contributed by atoms with E-state index in [9.17, 15) is 4.79 Å². The molecule has 1 heterocycles. The van der Waals surface area contributed by atoms with Crippen molar-refractivity contribution in [2.45, 2.75) is 19.4 Å². The van der Waals surface area contributed by atoms with Crippen LogP contribution in [0.3, 0.4) is 0 Å². The van der Waals surface area contributed by atoms with E-state index in [-0.39, 0.29) is 0 Å². The number of hydrogen-bond acceptors (Lipinski definition) is 3. The number of benzene rings is 1. The van der Waals surface area contributed by atoms with Gasteiger partial charge in [-0.05, 0) is 45.1 Å². The van der Waals surface area contributed by atoms with Crippen LogP contribution in [0.25, 0.3) is 0 Å². The highest BCUT2D eigenvalue weighted by Gasteiger charge is 2.21. The molecule has 0 amide bonds. The Hall–Kier alpha value is -1.07. The molecular formula is C14H19BrN2O2. The van der Waals surface area contributed by atoms with Gasteiger partial charge < -0.3 is 14.9 Å². The fraction of sp³-hybridized carbons (Fsp3) is 0.500. The number of carboxylic acids is 1. The lowest BCUT2D eigenvalue weighted by atomic mass is 10.1. The van der Waals surface area contributed by atoms with Crippen LogP contribution >= 0.6 is 15.9 Å². The Kier molecular flexibility index (Phi) is 4.47. The van der Waals surface area contributed by atoms with Crippen molar-refractivity contribution in [1.82, 2.24) is 4.90 Å². The van der Waals surface area contributed by atoms with Crippen LogP contribution in [0.1, 0.15) is 23.7 Å². The molecule has 1 aliphatic rings. The summed E-state index contributed by atoms with van der Waals surface area (Å²) < 4.78 is 0.812. The molecule has 0 aromatic heterocycles. The van der Waals surface area contributed by atoms with Crippen LogP contribution in [-0.2, 0) is 0 Å². The van der Waals surface area contributed by atoms with Crippen LogP contribution < -0.4 is 4.90 Å². The van der Waals surface area contributed by atoms with Crippen molar-refractivity contribution in [3.63, 3.8) is 0 Å². The molecule has 1 unspecified atom stereocenters. The summed E-state index contributed by atoms with van der Waals surface area (Å²) in [5.74, 6) is -0.887. The monoisotopic (exact) mass is 326 g/mol. The van der Waals surface area contributed by atoms with E-state index in [4.69, 9.17) is 5.11 Å². The van der Waals surface area contributed by atoms with Crippen molar-refractivity contribution in [3.05, 3.63) is 28.2 Å². The number of likely N-dealkylation sites (N-methyl/N-ethyl adjacent to an activating group) is 1. The second-order valence-electron chi connectivity index (χ2n) is 5.16. The van der Waals surface area contributed by atoms with Gasteiger partial charge >= 0.3 is 5.97 Å². The van der Waals surface area contributed by atoms with E-state index in [0.29, 0.717) is 11.6 Å². The zero-order valence-corrected chi connectivity index (χ0v) is 12.9. The number of anilines is 1. The maximum absolute atomic E-state index is 11.1. The van der Waals surface area contributed by atoms with Crippen LogP contribution in [0.4, 0.5) is 5.69 Å². The Balaban J connectivity index is 2.31. The van der Waals surface area contributed by atoms with Gasteiger partial charge in [-0.25, -0.2) is 4.79 Å². The van der Waals surface area contributed by atoms with E-state index in [1.54, 1.807) is 12.1 Å². The smallest absolute Gasteiger partial charge is 0.335 e. The summed E-state index contributed by atoms with van der Waals surface area (Å²) in [4.78, 5) is 15.8. The minimum atomic E-state index is -0.887. The minimum Gasteiger partial charge on any atom is -0.478 e. The highest BCUT2D eigenvalue weighted by molar-refractivity contribution is 9.10. The molecule has 0 radical (unpaired) electrons. The molecule has 2 rings (SSSR count). The van der Waals surface area contributed by atoms with Gasteiger partial charge in [-0.2, -0.15) is 0 Å². The van der Waals surface area contributed by atoms with Gasteiger partial charge in [0.25, 0.3) is 0 Å². The SMILES string of the molecule is CC1CN(C)CCCN1c1cc(Br)cc(C(=O)O)c1. The molecule has 104 valence electrons. The Morgan fingerprint density at radius 1 is 1.37 bits per heavy atom. The maximum Gasteiger partial charge on any atom is 0.335 e. The topological polar surface area (TPSA) is 43.8 Å². The summed E-state index contributed by atoms with van der Waals surface area (Å²) in [5, 5.41) is 9.15. The van der Waals surface area contributed by atoms with E-state index < -0.39 is 5.97 Å². The normalized spacial score (nSPS) is 21.2. The number of rotatable bonds is 2. The molecule has 1 aromatic carbocycles. The molecule has 1 fully saturated rings. The third kappa shape index (κ3) is 3.48. The fourth-order valence-corrected chi connectivity index (χ4v) is 3.10. The third-order valence-corrected chi connectivity index (χ3v) is 3.97. The lowest BCUT2D eigenvalue weighted by Gasteiger charge is -2.30. The first-order chi connectivity index (χ1) is 8.97. The second kappa shape index (κ2) is 5.92. The minimum absolute atomic E-state index is 0.328. The van der Waals surface area contributed by atoms with Crippen molar-refractivity contribution in [1.29, 1.82) is 0 Å². The highest BCUT2D eigenvalue weighted by Crippen LogP contribution is 2.26. The molecule has 0 spiro atoms. The average molecular weight is 327 g/mol. The molecule has 0 saturated carbocycles. The third-order valence-electron chi connectivity index (χ3n) is 3.51. The van der Waals surface area contributed by atoms with Crippen molar-refractivity contribution in [2.75, 3.05) is 31.6 Å². The highest BCUT2D eigenvalue weighted by atomic mass is 79.9. The van der Waals surface area contributed by atoms with Crippen molar-refractivity contribution in [2.24, 2.45) is 0 Å². The average Bonchev–Trinajstić information content (AvgIpc) is 2.49. The number of hydrogen-bond donors (Lipinski definition) is 1. The van der Waals surface area contributed by atoms with E-state index >= 15 is 0 Å². The van der Waals surface area contributed by atoms with Crippen molar-refractivity contribution in [3.8, 4) is 0 Å². The maximum atomic E-state index is 11.1. The predicted molar refractivity (Wildman–Crippen MR) is 80.0 cm³/mol. The summed E-state index contributed by atoms with van der Waals surface area (Å²) in [6.45, 7) is 5.22. The van der Waals surface area contributed by atoms with Crippen LogP contribution in [0.15, 0.2) is 22.7 Å². The molecular weight excluding hydrogens is 308 g/mol. The van der Waals surface area contributed by atoms with Gasteiger partial charge in [0, 0.05) is 29.3 Å². The van der Waals surface area contributed by atoms with Gasteiger partial charge in [-0.1, -0.05) is 15.9 Å². The van der Waals surface area contributed by atoms with Gasteiger partial charge in [0.2, 0.25) is 0 Å². The van der Waals surface area contributed by atoms with Gasteiger partial charge in [0.05, 0.1) is 5.56 Å². The molecule has 0 bridgehead atoms. The molecule has 4 nitrogen and oxygen atoms in total. The van der Waals surface area contributed by atoms with E-state index in [1.165, 1.54) is 0 Å². The molecule has 1 N–H and O–H groups in total. The molecule has 1 atom stereocenters. The number of nitrogens with zero attached hydrogens (tertiary/aromatic N) is 2. The fourth-order valence-electron chi connectivity index (χ4n) is 2.62.